The van der Waals surface area contributed by atoms with E-state index in [4.69, 9.17) is 10.2 Å². The van der Waals surface area contributed by atoms with Crippen LogP contribution in [-0.4, -0.2) is 9.97 Å². The largest absolute Gasteiger partial charge is 0.443 e. The van der Waals surface area contributed by atoms with Crippen LogP contribution in [0.5, 0.6) is 0 Å². The van der Waals surface area contributed by atoms with Crippen LogP contribution in [-0.2, 0) is 0 Å². The minimum Gasteiger partial charge on any atom is -0.443 e. The number of nitrogens with zero attached hydrogens (tertiary/aromatic N) is 2. The predicted octanol–water partition coefficient (Wildman–Crippen LogP) is 3.71. The molecule has 4 nitrogen and oxygen atoms in total. The molecule has 0 bridgehead atoms. The topological polar surface area (TPSA) is 64.9 Å². The second kappa shape index (κ2) is 5.07. The first-order valence-electron chi connectivity index (χ1n) is 5.72. The maximum Gasteiger partial charge on any atom is 0.181 e. The van der Waals surface area contributed by atoms with Gasteiger partial charge in [-0.2, -0.15) is 0 Å². The third-order valence-corrected chi connectivity index (χ3v) is 3.41. The third-order valence-electron chi connectivity index (χ3n) is 2.55. The Morgan fingerprint density at radius 1 is 0.947 bits per heavy atom. The summed E-state index contributed by atoms with van der Waals surface area (Å²) in [6.07, 6.45) is 1.45. The van der Waals surface area contributed by atoms with Crippen LogP contribution in [0.15, 0.2) is 59.3 Å². The minimum absolute atomic E-state index is 0.640. The Kier molecular flexibility index (Phi) is 3.12. The smallest absolute Gasteiger partial charge is 0.181 e. The summed E-state index contributed by atoms with van der Waals surface area (Å²) in [5, 5.41) is 0.640. The number of benzene rings is 2. The summed E-state index contributed by atoms with van der Waals surface area (Å²) in [5.41, 5.74) is 8.25. The monoisotopic (exact) mass is 269 g/mol. The number of anilines is 1. The molecule has 0 aliphatic heterocycles. The Labute approximate surface area is 113 Å². The van der Waals surface area contributed by atoms with Crippen LogP contribution in [0.4, 0.5) is 5.13 Å². The summed E-state index contributed by atoms with van der Waals surface area (Å²) in [6.45, 7) is 0. The Morgan fingerprint density at radius 3 is 2.47 bits per heavy atom. The molecule has 0 aliphatic rings. The summed E-state index contributed by atoms with van der Waals surface area (Å²) >= 11 is 1.52. The van der Waals surface area contributed by atoms with Crippen LogP contribution in [0.3, 0.4) is 0 Å². The van der Waals surface area contributed by atoms with Crippen molar-refractivity contribution in [3.05, 3.63) is 54.9 Å². The van der Waals surface area contributed by atoms with Gasteiger partial charge in [-0.25, -0.2) is 9.97 Å². The zero-order chi connectivity index (χ0) is 13.1. The van der Waals surface area contributed by atoms with E-state index in [1.165, 1.54) is 17.7 Å². The molecule has 2 heterocycles. The molecule has 2 aromatic heterocycles. The first kappa shape index (κ1) is 11.7. The number of para-hydroxylation sites is 3. The normalized spacial score (nSPS) is 10.3. The number of hydrogen-bond donors (Lipinski definition) is 1. The molecule has 94 valence electrons. The van der Waals surface area contributed by atoms with Crippen LogP contribution in [0, 0.1) is 0 Å². The van der Waals surface area contributed by atoms with Gasteiger partial charge in [-0.15, -0.1) is 0 Å². The molecule has 0 radical (unpaired) electrons. The number of nitrogen functional groups attached to an aromatic ring is 1. The molecule has 0 aliphatic carbocycles. The molecule has 2 N–H and O–H groups in total. The van der Waals surface area contributed by atoms with Gasteiger partial charge in [0.2, 0.25) is 0 Å². The molecule has 4 rings (SSSR count). The van der Waals surface area contributed by atoms with E-state index in [0.717, 1.165) is 21.3 Å². The second-order valence-electron chi connectivity index (χ2n) is 3.84. The van der Waals surface area contributed by atoms with E-state index in [1.807, 2.05) is 48.5 Å². The van der Waals surface area contributed by atoms with Gasteiger partial charge in [-0.05, 0) is 24.3 Å². The van der Waals surface area contributed by atoms with Crippen molar-refractivity contribution in [1.29, 1.82) is 0 Å². The van der Waals surface area contributed by atoms with E-state index in [1.54, 1.807) is 0 Å². The van der Waals surface area contributed by atoms with Crippen molar-refractivity contribution in [2.75, 3.05) is 5.73 Å². The Balaban J connectivity index is 0.000000117. The van der Waals surface area contributed by atoms with E-state index in [9.17, 15) is 0 Å². The summed E-state index contributed by atoms with van der Waals surface area (Å²) in [4.78, 5) is 8.06. The molecule has 0 atom stereocenters. The Hall–Kier alpha value is -2.40. The van der Waals surface area contributed by atoms with Crippen molar-refractivity contribution in [3.8, 4) is 0 Å². The molecule has 0 fully saturated rings. The fourth-order valence-corrected chi connectivity index (χ4v) is 2.43. The SMILES string of the molecule is Nc1nc2ccccc2s1.c1ccc2ocnc2c1. The van der Waals surface area contributed by atoms with Gasteiger partial charge in [0.25, 0.3) is 0 Å². The van der Waals surface area contributed by atoms with E-state index in [-0.39, 0.29) is 0 Å². The highest BCUT2D eigenvalue weighted by Crippen LogP contribution is 2.22. The van der Waals surface area contributed by atoms with E-state index in [2.05, 4.69) is 9.97 Å². The van der Waals surface area contributed by atoms with Gasteiger partial charge in [0.1, 0.15) is 5.52 Å². The molecule has 5 heteroatoms. The number of oxazole rings is 1. The van der Waals surface area contributed by atoms with E-state index in [0.29, 0.717) is 5.13 Å². The molecular weight excluding hydrogens is 258 g/mol. The minimum atomic E-state index is 0.640. The molecule has 4 aromatic rings. The van der Waals surface area contributed by atoms with Gasteiger partial charge in [0.15, 0.2) is 17.1 Å². The van der Waals surface area contributed by atoms with Gasteiger partial charge in [0, 0.05) is 0 Å². The highest BCUT2D eigenvalue weighted by Gasteiger charge is 1.96. The highest BCUT2D eigenvalue weighted by molar-refractivity contribution is 7.22. The lowest BCUT2D eigenvalue weighted by molar-refractivity contribution is 0.602. The van der Waals surface area contributed by atoms with Crippen molar-refractivity contribution in [2.45, 2.75) is 0 Å². The lowest BCUT2D eigenvalue weighted by Crippen LogP contribution is -1.78. The van der Waals surface area contributed by atoms with Crippen molar-refractivity contribution in [1.82, 2.24) is 9.97 Å². The quantitative estimate of drug-likeness (QED) is 0.528. The second-order valence-corrected chi connectivity index (χ2v) is 4.90. The molecule has 0 saturated heterocycles. The van der Waals surface area contributed by atoms with Crippen LogP contribution >= 0.6 is 11.3 Å². The fourth-order valence-electron chi connectivity index (χ4n) is 1.69. The molecule has 19 heavy (non-hydrogen) atoms. The van der Waals surface area contributed by atoms with Crippen molar-refractivity contribution in [2.24, 2.45) is 0 Å². The maximum absolute atomic E-state index is 5.50. The summed E-state index contributed by atoms with van der Waals surface area (Å²) < 4.78 is 6.16. The van der Waals surface area contributed by atoms with Crippen LogP contribution < -0.4 is 5.73 Å². The van der Waals surface area contributed by atoms with Crippen molar-refractivity contribution >= 4 is 37.8 Å². The number of fused-ring (bicyclic) bond motifs is 2. The molecule has 0 spiro atoms. The van der Waals surface area contributed by atoms with Crippen LogP contribution in [0.25, 0.3) is 21.3 Å². The van der Waals surface area contributed by atoms with Crippen molar-refractivity contribution in [3.63, 3.8) is 0 Å². The molecule has 0 saturated carbocycles. The van der Waals surface area contributed by atoms with Gasteiger partial charge in [-0.3, -0.25) is 0 Å². The van der Waals surface area contributed by atoms with Crippen LogP contribution in [0.2, 0.25) is 0 Å². The zero-order valence-corrected chi connectivity index (χ0v) is 10.8. The van der Waals surface area contributed by atoms with Gasteiger partial charge < -0.3 is 10.2 Å². The number of hydrogen-bond acceptors (Lipinski definition) is 5. The standard InChI is InChI=1S/C7H6N2S.C7H5NO/c8-7-9-5-3-1-2-4-6(5)10-7;1-2-4-7-6(3-1)8-5-9-7/h1-4H,(H2,8,9);1-5H. The number of aromatic nitrogens is 2. The van der Waals surface area contributed by atoms with Crippen molar-refractivity contribution < 1.29 is 4.42 Å². The average Bonchev–Trinajstić information content (AvgIpc) is 3.03. The number of thiazole rings is 1. The first-order chi connectivity index (χ1) is 9.33. The predicted molar refractivity (Wildman–Crippen MR) is 78.0 cm³/mol. The highest BCUT2D eigenvalue weighted by atomic mass is 32.1. The van der Waals surface area contributed by atoms with Gasteiger partial charge >= 0.3 is 0 Å². The lowest BCUT2D eigenvalue weighted by atomic mass is 10.3. The van der Waals surface area contributed by atoms with Gasteiger partial charge in [0.05, 0.1) is 10.2 Å². The Bertz CT molecular complexity index is 743. The summed E-state index contributed by atoms with van der Waals surface area (Å²) in [7, 11) is 0. The molecule has 0 unspecified atom stereocenters. The average molecular weight is 269 g/mol. The first-order valence-corrected chi connectivity index (χ1v) is 6.54. The van der Waals surface area contributed by atoms with E-state index < -0.39 is 0 Å². The Morgan fingerprint density at radius 2 is 1.68 bits per heavy atom. The summed E-state index contributed by atoms with van der Waals surface area (Å²) in [6, 6.07) is 15.6. The number of nitrogens with two attached hydrogens (primary N) is 1. The lowest BCUT2D eigenvalue weighted by Gasteiger charge is -1.80. The molecule has 0 amide bonds. The zero-order valence-electron chi connectivity index (χ0n) is 9.98. The van der Waals surface area contributed by atoms with E-state index >= 15 is 0 Å². The third kappa shape index (κ3) is 2.56. The molecular formula is C14H11N3OS. The molecule has 2 aromatic carbocycles. The summed E-state index contributed by atoms with van der Waals surface area (Å²) in [5.74, 6) is 0. The number of rotatable bonds is 0. The van der Waals surface area contributed by atoms with Gasteiger partial charge in [-0.1, -0.05) is 35.6 Å². The maximum atomic E-state index is 5.50. The fraction of sp³-hybridized carbons (Fsp3) is 0. The van der Waals surface area contributed by atoms with Crippen LogP contribution in [0.1, 0.15) is 0 Å².